The molecule has 0 aliphatic heterocycles. The molecule has 2 aromatic rings. The van der Waals surface area contributed by atoms with Crippen molar-refractivity contribution in [2.45, 2.75) is 18.9 Å². The van der Waals surface area contributed by atoms with Crippen molar-refractivity contribution in [2.24, 2.45) is 0 Å². The quantitative estimate of drug-likeness (QED) is 0.900. The van der Waals surface area contributed by atoms with Crippen LogP contribution in [0.1, 0.15) is 11.1 Å². The first kappa shape index (κ1) is 13.6. The van der Waals surface area contributed by atoms with E-state index in [0.717, 1.165) is 12.1 Å². The largest absolute Gasteiger partial charge is 0.392 e. The highest BCUT2D eigenvalue weighted by molar-refractivity contribution is 5.22. The lowest BCUT2D eigenvalue weighted by atomic mass is 10.0. The summed E-state index contributed by atoms with van der Waals surface area (Å²) in [6, 6.07) is 9.23. The first-order valence-electron chi connectivity index (χ1n) is 5.91. The van der Waals surface area contributed by atoms with E-state index in [2.05, 4.69) is 0 Å². The molecule has 0 spiro atoms. The van der Waals surface area contributed by atoms with Gasteiger partial charge < -0.3 is 5.11 Å². The maximum Gasteiger partial charge on any atom is 0.129 e. The molecule has 0 radical (unpaired) electrons. The summed E-state index contributed by atoms with van der Waals surface area (Å²) in [4.78, 5) is 0. The van der Waals surface area contributed by atoms with Crippen LogP contribution in [0.25, 0.3) is 0 Å². The van der Waals surface area contributed by atoms with Gasteiger partial charge in [0.2, 0.25) is 0 Å². The average Bonchev–Trinajstić information content (AvgIpc) is 2.37. The van der Waals surface area contributed by atoms with Crippen molar-refractivity contribution < 1.29 is 18.3 Å². The Morgan fingerprint density at radius 1 is 0.842 bits per heavy atom. The van der Waals surface area contributed by atoms with E-state index < -0.39 is 17.7 Å². The Labute approximate surface area is 109 Å². The van der Waals surface area contributed by atoms with E-state index in [1.165, 1.54) is 30.3 Å². The molecule has 1 nitrogen and oxygen atoms in total. The Morgan fingerprint density at radius 2 is 1.42 bits per heavy atom. The average molecular weight is 266 g/mol. The molecule has 0 aliphatic carbocycles. The molecule has 2 aromatic carbocycles. The van der Waals surface area contributed by atoms with Gasteiger partial charge in [-0.1, -0.05) is 18.2 Å². The Morgan fingerprint density at radius 3 is 2.00 bits per heavy atom. The van der Waals surface area contributed by atoms with E-state index in [9.17, 15) is 18.3 Å². The van der Waals surface area contributed by atoms with Gasteiger partial charge in [-0.25, -0.2) is 13.2 Å². The van der Waals surface area contributed by atoms with E-state index in [-0.39, 0.29) is 24.2 Å². The zero-order valence-electron chi connectivity index (χ0n) is 10.1. The first-order chi connectivity index (χ1) is 9.06. The van der Waals surface area contributed by atoms with Crippen LogP contribution in [0.5, 0.6) is 0 Å². The molecular weight excluding hydrogens is 253 g/mol. The van der Waals surface area contributed by atoms with Crippen LogP contribution in [0, 0.1) is 17.5 Å². The molecule has 0 heterocycles. The van der Waals surface area contributed by atoms with Crippen LogP contribution in [0.3, 0.4) is 0 Å². The molecule has 0 bridgehead atoms. The molecule has 0 aromatic heterocycles. The second-order valence-corrected chi connectivity index (χ2v) is 4.39. The van der Waals surface area contributed by atoms with E-state index in [4.69, 9.17) is 0 Å². The summed E-state index contributed by atoms with van der Waals surface area (Å²) < 4.78 is 39.5. The predicted octanol–water partition coefficient (Wildman–Crippen LogP) is 3.25. The summed E-state index contributed by atoms with van der Waals surface area (Å²) in [6.45, 7) is 0. The fraction of sp³-hybridized carbons (Fsp3) is 0.200. The first-order valence-corrected chi connectivity index (χ1v) is 5.91. The maximum atomic E-state index is 13.4. The van der Waals surface area contributed by atoms with Crippen molar-refractivity contribution in [1.82, 2.24) is 0 Å². The molecule has 19 heavy (non-hydrogen) atoms. The third-order valence-corrected chi connectivity index (χ3v) is 2.89. The minimum atomic E-state index is -0.920. The van der Waals surface area contributed by atoms with Gasteiger partial charge in [-0.3, -0.25) is 0 Å². The third kappa shape index (κ3) is 3.58. The van der Waals surface area contributed by atoms with Gasteiger partial charge in [0, 0.05) is 12.0 Å². The lowest BCUT2D eigenvalue weighted by Crippen LogP contribution is -2.16. The van der Waals surface area contributed by atoms with E-state index in [1.54, 1.807) is 0 Å². The number of aliphatic hydroxyl groups excluding tert-OH is 1. The molecule has 1 unspecified atom stereocenters. The highest BCUT2D eigenvalue weighted by Crippen LogP contribution is 2.16. The van der Waals surface area contributed by atoms with E-state index >= 15 is 0 Å². The van der Waals surface area contributed by atoms with Crippen molar-refractivity contribution in [3.8, 4) is 0 Å². The van der Waals surface area contributed by atoms with Gasteiger partial charge in [-0.2, -0.15) is 0 Å². The minimum Gasteiger partial charge on any atom is -0.392 e. The SMILES string of the molecule is OC(Cc1ccc(F)cc1)Cc1c(F)cccc1F. The highest BCUT2D eigenvalue weighted by Gasteiger charge is 2.14. The van der Waals surface area contributed by atoms with Crippen LogP contribution in [0.2, 0.25) is 0 Å². The molecule has 1 N–H and O–H groups in total. The predicted molar refractivity (Wildman–Crippen MR) is 66.2 cm³/mol. The summed E-state index contributed by atoms with van der Waals surface area (Å²) in [5.41, 5.74) is 0.586. The molecule has 100 valence electrons. The molecular formula is C15H13F3O. The standard InChI is InChI=1S/C15H13F3O/c16-11-6-4-10(5-7-11)8-12(19)9-13-14(17)2-1-3-15(13)18/h1-7,12,19H,8-9H2. The molecule has 0 fully saturated rings. The number of hydrogen-bond acceptors (Lipinski definition) is 1. The zero-order chi connectivity index (χ0) is 13.8. The minimum absolute atomic E-state index is 0.115. The highest BCUT2D eigenvalue weighted by atomic mass is 19.1. The van der Waals surface area contributed by atoms with Gasteiger partial charge in [-0.05, 0) is 36.2 Å². The third-order valence-electron chi connectivity index (χ3n) is 2.89. The van der Waals surface area contributed by atoms with Crippen LogP contribution in [-0.4, -0.2) is 11.2 Å². The Kier molecular flexibility index (Phi) is 4.22. The Balaban J connectivity index is 2.05. The zero-order valence-corrected chi connectivity index (χ0v) is 10.1. The Bertz CT molecular complexity index is 532. The van der Waals surface area contributed by atoms with Crippen molar-refractivity contribution in [3.63, 3.8) is 0 Å². The number of benzene rings is 2. The normalized spacial score (nSPS) is 12.4. The smallest absolute Gasteiger partial charge is 0.129 e. The Hall–Kier alpha value is -1.81. The maximum absolute atomic E-state index is 13.4. The van der Waals surface area contributed by atoms with Crippen LogP contribution < -0.4 is 0 Å². The van der Waals surface area contributed by atoms with Gasteiger partial charge in [0.15, 0.2) is 0 Å². The summed E-state index contributed by atoms with van der Waals surface area (Å²) in [5, 5.41) is 9.85. The summed E-state index contributed by atoms with van der Waals surface area (Å²) >= 11 is 0. The molecule has 0 aliphatic rings. The molecule has 4 heteroatoms. The lowest BCUT2D eigenvalue weighted by Gasteiger charge is -2.12. The van der Waals surface area contributed by atoms with Crippen LogP contribution in [0.4, 0.5) is 13.2 Å². The van der Waals surface area contributed by atoms with Crippen LogP contribution >= 0.6 is 0 Å². The molecule has 2 rings (SSSR count). The fourth-order valence-corrected chi connectivity index (χ4v) is 1.93. The van der Waals surface area contributed by atoms with Gasteiger partial charge in [0.25, 0.3) is 0 Å². The van der Waals surface area contributed by atoms with Gasteiger partial charge >= 0.3 is 0 Å². The molecule has 1 atom stereocenters. The van der Waals surface area contributed by atoms with Crippen LogP contribution in [0.15, 0.2) is 42.5 Å². The van der Waals surface area contributed by atoms with E-state index in [0.29, 0.717) is 5.56 Å². The lowest BCUT2D eigenvalue weighted by molar-refractivity contribution is 0.172. The van der Waals surface area contributed by atoms with E-state index in [1.807, 2.05) is 0 Å². The van der Waals surface area contributed by atoms with Crippen LogP contribution in [-0.2, 0) is 12.8 Å². The van der Waals surface area contributed by atoms with Gasteiger partial charge in [-0.15, -0.1) is 0 Å². The summed E-state index contributed by atoms with van der Waals surface area (Å²) in [5.74, 6) is -1.70. The van der Waals surface area contributed by atoms with Crippen molar-refractivity contribution in [2.75, 3.05) is 0 Å². The molecule has 0 saturated heterocycles. The summed E-state index contributed by atoms with van der Waals surface area (Å²) in [6.07, 6.45) is -0.818. The van der Waals surface area contributed by atoms with Crippen molar-refractivity contribution in [1.29, 1.82) is 0 Å². The second kappa shape index (κ2) is 5.89. The van der Waals surface area contributed by atoms with Gasteiger partial charge in [0.1, 0.15) is 17.5 Å². The number of aliphatic hydroxyl groups is 1. The fourth-order valence-electron chi connectivity index (χ4n) is 1.93. The number of halogens is 3. The number of rotatable bonds is 4. The van der Waals surface area contributed by atoms with Gasteiger partial charge in [0.05, 0.1) is 6.10 Å². The molecule has 0 amide bonds. The molecule has 0 saturated carbocycles. The van der Waals surface area contributed by atoms with Crippen molar-refractivity contribution in [3.05, 3.63) is 71.0 Å². The number of hydrogen-bond donors (Lipinski definition) is 1. The summed E-state index contributed by atoms with van der Waals surface area (Å²) in [7, 11) is 0. The van der Waals surface area contributed by atoms with Crippen molar-refractivity contribution >= 4 is 0 Å². The second-order valence-electron chi connectivity index (χ2n) is 4.39. The monoisotopic (exact) mass is 266 g/mol. The topological polar surface area (TPSA) is 20.2 Å².